The molecule has 0 fully saturated rings. The molecule has 4 aromatic rings. The summed E-state index contributed by atoms with van der Waals surface area (Å²) in [6.45, 7) is -0.541. The van der Waals surface area contributed by atoms with Crippen molar-refractivity contribution in [2.75, 3.05) is 13.7 Å². The fraction of sp³-hybridized carbons (Fsp3) is 0.172. The summed E-state index contributed by atoms with van der Waals surface area (Å²) in [5, 5.41) is 11.8. The molecule has 12 heteroatoms. The fourth-order valence-electron chi connectivity index (χ4n) is 3.94. The zero-order valence-corrected chi connectivity index (χ0v) is 21.8. The smallest absolute Gasteiger partial charge is 0.435 e. The molecule has 1 unspecified atom stereocenters. The number of carbonyl (C=O) groups is 3. The van der Waals surface area contributed by atoms with E-state index in [1.54, 1.807) is 54.6 Å². The topological polar surface area (TPSA) is 149 Å². The summed E-state index contributed by atoms with van der Waals surface area (Å²) in [4.78, 5) is 53.8. The van der Waals surface area contributed by atoms with Crippen LogP contribution >= 0.6 is 0 Å². The SMILES string of the molecule is COC(OC(=O)c1ccccc1)[C@H](OC(=O)c1ccccc1)[C@H](COC(=O)c1ccccc1)n1ccnc1[N+](=O)[O-]. The molecule has 0 amide bonds. The molecule has 0 radical (unpaired) electrons. The molecule has 0 saturated heterocycles. The number of rotatable bonds is 12. The van der Waals surface area contributed by atoms with Crippen LogP contribution in [0.25, 0.3) is 0 Å². The summed E-state index contributed by atoms with van der Waals surface area (Å²) in [6.07, 6.45) is -0.707. The van der Waals surface area contributed by atoms with Gasteiger partial charge in [0, 0.05) is 7.11 Å². The van der Waals surface area contributed by atoms with Gasteiger partial charge in [0.1, 0.15) is 19.0 Å². The van der Waals surface area contributed by atoms with Crippen LogP contribution < -0.4 is 0 Å². The molecule has 210 valence electrons. The highest BCUT2D eigenvalue weighted by molar-refractivity contribution is 5.90. The molecular weight excluding hydrogens is 534 g/mol. The monoisotopic (exact) mass is 559 g/mol. The van der Waals surface area contributed by atoms with Gasteiger partial charge in [-0.25, -0.2) is 19.0 Å². The third kappa shape index (κ3) is 7.19. The molecule has 41 heavy (non-hydrogen) atoms. The van der Waals surface area contributed by atoms with E-state index in [9.17, 15) is 24.5 Å². The normalized spacial score (nSPS) is 12.9. The van der Waals surface area contributed by atoms with Crippen molar-refractivity contribution in [2.45, 2.75) is 18.4 Å². The first-order valence-electron chi connectivity index (χ1n) is 12.3. The van der Waals surface area contributed by atoms with Crippen molar-refractivity contribution < 1.29 is 38.3 Å². The van der Waals surface area contributed by atoms with E-state index in [0.29, 0.717) is 0 Å². The molecule has 12 nitrogen and oxygen atoms in total. The van der Waals surface area contributed by atoms with Gasteiger partial charge in [0.2, 0.25) is 12.4 Å². The van der Waals surface area contributed by atoms with Crippen LogP contribution in [0.4, 0.5) is 5.95 Å². The maximum atomic E-state index is 13.2. The van der Waals surface area contributed by atoms with E-state index in [2.05, 4.69) is 4.98 Å². The molecule has 1 aromatic heterocycles. The summed E-state index contributed by atoms with van der Waals surface area (Å²) < 4.78 is 23.4. The van der Waals surface area contributed by atoms with E-state index < -0.39 is 53.8 Å². The van der Waals surface area contributed by atoms with Gasteiger partial charge in [-0.3, -0.25) is 0 Å². The maximum absolute atomic E-state index is 13.2. The Morgan fingerprint density at radius 3 is 1.78 bits per heavy atom. The standard InChI is InChI=1S/C29H25N3O9/c1-38-28(41-27(35)22-15-9-4-10-16-22)24(40-26(34)21-13-7-3-8-14-21)23(31-18-17-30-29(31)32(36)37)19-39-25(33)20-11-5-2-6-12-20/h2-18,23-24,28H,19H2,1H3/t23-,24+,28?/m0/s1. The number of imidazole rings is 1. The second kappa shape index (κ2) is 13.6. The Balaban J connectivity index is 1.73. The summed E-state index contributed by atoms with van der Waals surface area (Å²) in [6, 6.07) is 22.7. The van der Waals surface area contributed by atoms with Crippen LogP contribution in [-0.2, 0) is 18.9 Å². The average Bonchev–Trinajstić information content (AvgIpc) is 3.50. The minimum absolute atomic E-state index is 0.155. The number of carbonyl (C=O) groups excluding carboxylic acids is 3. The van der Waals surface area contributed by atoms with Crippen LogP contribution in [0.3, 0.4) is 0 Å². The van der Waals surface area contributed by atoms with E-state index in [1.165, 1.54) is 49.7 Å². The first-order valence-corrected chi connectivity index (χ1v) is 12.3. The molecule has 1 heterocycles. The lowest BCUT2D eigenvalue weighted by molar-refractivity contribution is -0.397. The van der Waals surface area contributed by atoms with Gasteiger partial charge in [-0.05, 0) is 41.3 Å². The third-order valence-electron chi connectivity index (χ3n) is 5.93. The summed E-state index contributed by atoms with van der Waals surface area (Å²) in [5.74, 6) is -3.01. The highest BCUT2D eigenvalue weighted by Gasteiger charge is 2.42. The Kier molecular flexibility index (Phi) is 9.52. The van der Waals surface area contributed by atoms with Crippen LogP contribution in [-0.4, -0.2) is 58.5 Å². The molecule has 4 rings (SSSR count). The fourth-order valence-corrected chi connectivity index (χ4v) is 3.94. The molecule has 0 spiro atoms. The molecule has 0 aliphatic carbocycles. The molecule has 0 saturated carbocycles. The van der Waals surface area contributed by atoms with Crippen LogP contribution in [0.2, 0.25) is 0 Å². The highest BCUT2D eigenvalue weighted by atomic mass is 16.7. The van der Waals surface area contributed by atoms with Crippen molar-refractivity contribution in [3.8, 4) is 0 Å². The van der Waals surface area contributed by atoms with Gasteiger partial charge in [0.05, 0.1) is 16.7 Å². The van der Waals surface area contributed by atoms with Gasteiger partial charge in [-0.2, -0.15) is 0 Å². The van der Waals surface area contributed by atoms with Gasteiger partial charge < -0.3 is 29.1 Å². The quantitative estimate of drug-likeness (QED) is 0.0811. The second-order valence-electron chi connectivity index (χ2n) is 8.53. The van der Waals surface area contributed by atoms with Crippen LogP contribution in [0.1, 0.15) is 37.1 Å². The minimum Gasteiger partial charge on any atom is -0.458 e. The van der Waals surface area contributed by atoms with Crippen molar-refractivity contribution in [1.29, 1.82) is 0 Å². The van der Waals surface area contributed by atoms with Crippen molar-refractivity contribution in [3.05, 3.63) is 130 Å². The van der Waals surface area contributed by atoms with Crippen LogP contribution in [0.5, 0.6) is 0 Å². The Labute approximate surface area is 234 Å². The number of esters is 3. The lowest BCUT2D eigenvalue weighted by Gasteiger charge is -2.30. The van der Waals surface area contributed by atoms with Crippen molar-refractivity contribution in [3.63, 3.8) is 0 Å². The summed E-state index contributed by atoms with van der Waals surface area (Å²) >= 11 is 0. The van der Waals surface area contributed by atoms with Crippen LogP contribution in [0.15, 0.2) is 103 Å². The second-order valence-corrected chi connectivity index (χ2v) is 8.53. The predicted octanol–water partition coefficient (Wildman–Crippen LogP) is 4.24. The maximum Gasteiger partial charge on any atom is 0.435 e. The Bertz CT molecular complexity index is 1480. The van der Waals surface area contributed by atoms with Gasteiger partial charge in [0.15, 0.2) is 6.04 Å². The average molecular weight is 560 g/mol. The largest absolute Gasteiger partial charge is 0.458 e. The minimum atomic E-state index is -1.59. The molecule has 3 aromatic carbocycles. The number of hydrogen-bond acceptors (Lipinski definition) is 10. The first-order chi connectivity index (χ1) is 19.9. The predicted molar refractivity (Wildman–Crippen MR) is 143 cm³/mol. The molecule has 0 aliphatic rings. The van der Waals surface area contributed by atoms with E-state index >= 15 is 0 Å². The van der Waals surface area contributed by atoms with E-state index in [1.807, 2.05) is 0 Å². The number of methoxy groups -OCH3 is 1. The number of nitro groups is 1. The molecule has 3 atom stereocenters. The zero-order chi connectivity index (χ0) is 29.2. The summed E-state index contributed by atoms with van der Waals surface area (Å²) in [5.41, 5.74) is 0.563. The zero-order valence-electron chi connectivity index (χ0n) is 21.8. The number of hydrogen-bond donors (Lipinski definition) is 0. The number of nitrogens with zero attached hydrogens (tertiary/aromatic N) is 3. The first kappa shape index (κ1) is 28.6. The Hall–Kier alpha value is -5.36. The van der Waals surface area contributed by atoms with Gasteiger partial charge >= 0.3 is 23.9 Å². The molecule has 0 N–H and O–H groups in total. The molecular formula is C29H25N3O9. The van der Waals surface area contributed by atoms with Crippen LogP contribution in [0, 0.1) is 10.1 Å². The van der Waals surface area contributed by atoms with Crippen molar-refractivity contribution >= 4 is 23.9 Å². The lowest BCUT2D eigenvalue weighted by Crippen LogP contribution is -2.44. The van der Waals surface area contributed by atoms with Gasteiger partial charge in [-0.1, -0.05) is 59.6 Å². The number of ether oxygens (including phenoxy) is 4. The lowest BCUT2D eigenvalue weighted by atomic mass is 10.1. The number of benzene rings is 3. The highest BCUT2D eigenvalue weighted by Crippen LogP contribution is 2.28. The molecule has 0 bridgehead atoms. The van der Waals surface area contributed by atoms with Crippen molar-refractivity contribution in [2.24, 2.45) is 0 Å². The van der Waals surface area contributed by atoms with E-state index in [4.69, 9.17) is 18.9 Å². The van der Waals surface area contributed by atoms with Crippen molar-refractivity contribution in [1.82, 2.24) is 9.55 Å². The Morgan fingerprint density at radius 1 is 0.805 bits per heavy atom. The summed E-state index contributed by atoms with van der Waals surface area (Å²) in [7, 11) is 1.21. The third-order valence-corrected chi connectivity index (χ3v) is 5.93. The van der Waals surface area contributed by atoms with Gasteiger partial charge in [0.25, 0.3) is 0 Å². The van der Waals surface area contributed by atoms with Gasteiger partial charge in [-0.15, -0.1) is 0 Å². The number of aromatic nitrogens is 2. The van der Waals surface area contributed by atoms with E-state index in [-0.39, 0.29) is 16.7 Å². The van der Waals surface area contributed by atoms with E-state index in [0.717, 1.165) is 10.8 Å². The molecule has 0 aliphatic heterocycles. The Morgan fingerprint density at radius 2 is 1.29 bits per heavy atom.